The second-order valence-electron chi connectivity index (χ2n) is 14.3. The van der Waals surface area contributed by atoms with Crippen LogP contribution in [-0.2, 0) is 31.0 Å². The second kappa shape index (κ2) is 12.0. The van der Waals surface area contributed by atoms with E-state index in [0.717, 1.165) is 28.3 Å². The maximum atomic E-state index is 15.5. The van der Waals surface area contributed by atoms with Crippen LogP contribution in [0.3, 0.4) is 0 Å². The van der Waals surface area contributed by atoms with Crippen molar-refractivity contribution in [3.8, 4) is 5.75 Å². The Bertz CT molecular complexity index is 2350. The zero-order chi connectivity index (χ0) is 35.9. The molecule has 8 heteroatoms. The minimum Gasteiger partial charge on any atom is -0.508 e. The molecule has 258 valence electrons. The van der Waals surface area contributed by atoms with Crippen LogP contribution in [0.1, 0.15) is 42.4 Å². The average molecular weight is 707 g/mol. The molecule has 2 aliphatic heterocycles. The highest BCUT2D eigenvalue weighted by Crippen LogP contribution is 2.66. The van der Waals surface area contributed by atoms with Gasteiger partial charge in [-0.1, -0.05) is 109 Å². The number of halogens is 1. The Labute approximate surface area is 306 Å². The SMILES string of the molecule is CCc1ccc(N2C(=O)[C@H]3[C@H](CC=C4[C@H]3C[C@H]3C(=O)N(c5cccc(Cl)c5)C(=O)[C@@]3(c3ccccc3)[C@H]4c3c(O)ccc4ccccc34)C2=O)cc1. The van der Waals surface area contributed by atoms with E-state index in [9.17, 15) is 14.7 Å². The van der Waals surface area contributed by atoms with Crippen LogP contribution in [0.5, 0.6) is 5.75 Å². The smallest absolute Gasteiger partial charge is 0.246 e. The maximum absolute atomic E-state index is 15.5. The van der Waals surface area contributed by atoms with Gasteiger partial charge >= 0.3 is 0 Å². The number of imide groups is 2. The van der Waals surface area contributed by atoms with Gasteiger partial charge < -0.3 is 5.11 Å². The lowest BCUT2D eigenvalue weighted by Crippen LogP contribution is -2.53. The van der Waals surface area contributed by atoms with Crippen LogP contribution in [0.15, 0.2) is 127 Å². The van der Waals surface area contributed by atoms with E-state index in [-0.39, 0.29) is 24.0 Å². The van der Waals surface area contributed by atoms with Crippen molar-refractivity contribution >= 4 is 57.4 Å². The first-order chi connectivity index (χ1) is 25.2. The number of benzene rings is 5. The Morgan fingerprint density at radius 1 is 0.750 bits per heavy atom. The molecule has 7 nitrogen and oxygen atoms in total. The van der Waals surface area contributed by atoms with Gasteiger partial charge in [-0.3, -0.25) is 24.1 Å². The zero-order valence-corrected chi connectivity index (χ0v) is 29.2. The molecule has 2 aliphatic carbocycles. The lowest BCUT2D eigenvalue weighted by Gasteiger charge is -2.51. The molecule has 6 atom stereocenters. The minimum atomic E-state index is -1.49. The summed E-state index contributed by atoms with van der Waals surface area (Å²) < 4.78 is 0. The number of phenolic OH excluding ortho intramolecular Hbond substituents is 1. The third kappa shape index (κ3) is 4.45. The molecule has 4 aliphatic rings. The Morgan fingerprint density at radius 2 is 1.50 bits per heavy atom. The summed E-state index contributed by atoms with van der Waals surface area (Å²) in [6.45, 7) is 2.05. The fraction of sp³-hybridized carbons (Fsp3) is 0.227. The quantitative estimate of drug-likeness (QED) is 0.147. The number of amides is 4. The number of phenols is 1. The first-order valence-electron chi connectivity index (χ1n) is 17.8. The monoisotopic (exact) mass is 706 g/mol. The molecule has 3 fully saturated rings. The van der Waals surface area contributed by atoms with Crippen LogP contribution in [0.25, 0.3) is 10.8 Å². The number of hydrogen-bond donors (Lipinski definition) is 1. The van der Waals surface area contributed by atoms with Crippen LogP contribution in [0.4, 0.5) is 11.4 Å². The molecule has 0 unspecified atom stereocenters. The summed E-state index contributed by atoms with van der Waals surface area (Å²) in [7, 11) is 0. The highest BCUT2D eigenvalue weighted by molar-refractivity contribution is 6.32. The van der Waals surface area contributed by atoms with Crippen molar-refractivity contribution in [2.75, 3.05) is 9.80 Å². The highest BCUT2D eigenvalue weighted by Gasteiger charge is 2.70. The number of aryl methyl sites for hydroxylation is 1. The van der Waals surface area contributed by atoms with Crippen LogP contribution in [0.2, 0.25) is 5.02 Å². The standard InChI is InChI=1S/C44H35ClN2O5/c1-2-25-15-18-29(19-16-25)46-40(49)33-21-20-32-34(37(33)42(46)51)24-35-41(50)47(30-13-8-12-28(45)23-30)43(52)44(35,27-10-4-3-5-11-27)39(32)38-31-14-7-6-9-26(31)17-22-36(38)48/h3-20,22-23,33-35,37,39,48H,2,21,24H2,1H3/t33-,34+,35-,37-,39+,44+/m0/s1. The molecule has 4 amide bonds. The fourth-order valence-corrected chi connectivity index (χ4v) is 9.96. The molecule has 52 heavy (non-hydrogen) atoms. The lowest BCUT2D eigenvalue weighted by molar-refractivity contribution is -0.127. The van der Waals surface area contributed by atoms with Gasteiger partial charge in [-0.05, 0) is 83.5 Å². The van der Waals surface area contributed by atoms with Gasteiger partial charge in [0.25, 0.3) is 0 Å². The van der Waals surface area contributed by atoms with Gasteiger partial charge in [-0.2, -0.15) is 0 Å². The predicted molar refractivity (Wildman–Crippen MR) is 200 cm³/mol. The number of nitrogens with zero attached hydrogens (tertiary/aromatic N) is 2. The molecule has 2 saturated heterocycles. The normalized spacial score (nSPS) is 26.7. The number of aromatic hydroxyl groups is 1. The summed E-state index contributed by atoms with van der Waals surface area (Å²) in [5.41, 5.74) is 2.47. The van der Waals surface area contributed by atoms with Gasteiger partial charge in [0.15, 0.2) is 0 Å². The number of fused-ring (bicyclic) bond motifs is 5. The van der Waals surface area contributed by atoms with Gasteiger partial charge in [-0.15, -0.1) is 0 Å². The van der Waals surface area contributed by atoms with Crippen molar-refractivity contribution in [3.05, 3.63) is 149 Å². The van der Waals surface area contributed by atoms with Crippen LogP contribution in [-0.4, -0.2) is 28.7 Å². The third-order valence-corrected chi connectivity index (χ3v) is 12.2. The van der Waals surface area contributed by atoms with Gasteiger partial charge in [0, 0.05) is 16.5 Å². The van der Waals surface area contributed by atoms with E-state index >= 15 is 9.59 Å². The van der Waals surface area contributed by atoms with Gasteiger partial charge in [-0.25, -0.2) is 4.90 Å². The molecule has 5 aromatic rings. The predicted octanol–water partition coefficient (Wildman–Crippen LogP) is 8.13. The first kappa shape index (κ1) is 32.4. The fourth-order valence-electron chi connectivity index (χ4n) is 9.78. The highest BCUT2D eigenvalue weighted by atomic mass is 35.5. The number of rotatable bonds is 5. The molecule has 5 aromatic carbocycles. The van der Waals surface area contributed by atoms with Crippen molar-refractivity contribution in [1.82, 2.24) is 0 Å². The van der Waals surface area contributed by atoms with E-state index in [4.69, 9.17) is 11.6 Å². The summed E-state index contributed by atoms with van der Waals surface area (Å²) >= 11 is 6.44. The molecule has 0 bridgehead atoms. The summed E-state index contributed by atoms with van der Waals surface area (Å²) in [5.74, 6) is -5.04. The topological polar surface area (TPSA) is 95.0 Å². The van der Waals surface area contributed by atoms with Crippen molar-refractivity contribution in [3.63, 3.8) is 0 Å². The van der Waals surface area contributed by atoms with E-state index in [1.807, 2.05) is 97.9 Å². The summed E-state index contributed by atoms with van der Waals surface area (Å²) in [6, 6.07) is 34.8. The summed E-state index contributed by atoms with van der Waals surface area (Å²) in [5, 5.41) is 13.9. The molecule has 9 rings (SSSR count). The average Bonchev–Trinajstić information content (AvgIpc) is 3.56. The van der Waals surface area contributed by atoms with Crippen molar-refractivity contribution < 1.29 is 24.3 Å². The molecule has 2 heterocycles. The van der Waals surface area contributed by atoms with Crippen molar-refractivity contribution in [2.45, 2.75) is 37.5 Å². The van der Waals surface area contributed by atoms with Gasteiger partial charge in [0.2, 0.25) is 23.6 Å². The van der Waals surface area contributed by atoms with E-state index in [1.54, 1.807) is 30.3 Å². The summed E-state index contributed by atoms with van der Waals surface area (Å²) in [6.07, 6.45) is 3.32. The lowest BCUT2D eigenvalue weighted by atomic mass is 9.48. The second-order valence-corrected chi connectivity index (χ2v) is 14.8. The van der Waals surface area contributed by atoms with Gasteiger partial charge in [0.1, 0.15) is 5.75 Å². The molecule has 0 radical (unpaired) electrons. The molecule has 1 saturated carbocycles. The maximum Gasteiger partial charge on any atom is 0.246 e. The molecule has 0 spiro atoms. The molecule has 1 N–H and O–H groups in total. The largest absolute Gasteiger partial charge is 0.508 e. The van der Waals surface area contributed by atoms with Crippen LogP contribution >= 0.6 is 11.6 Å². The van der Waals surface area contributed by atoms with Crippen molar-refractivity contribution in [2.24, 2.45) is 23.7 Å². The molecule has 0 aromatic heterocycles. The first-order valence-corrected chi connectivity index (χ1v) is 18.2. The molecular formula is C44H35ClN2O5. The van der Waals surface area contributed by atoms with E-state index in [1.165, 1.54) is 9.80 Å². The Morgan fingerprint density at radius 3 is 2.25 bits per heavy atom. The Balaban J connectivity index is 1.30. The third-order valence-electron chi connectivity index (χ3n) is 12.0. The number of carbonyl (C=O) groups excluding carboxylic acids is 4. The number of hydrogen-bond acceptors (Lipinski definition) is 5. The number of anilines is 2. The van der Waals surface area contributed by atoms with Crippen LogP contribution < -0.4 is 9.80 Å². The van der Waals surface area contributed by atoms with E-state index < -0.39 is 46.8 Å². The van der Waals surface area contributed by atoms with Crippen LogP contribution in [0, 0.1) is 23.7 Å². The minimum absolute atomic E-state index is 0.00523. The molecular weight excluding hydrogens is 672 g/mol. The van der Waals surface area contributed by atoms with Crippen molar-refractivity contribution in [1.29, 1.82) is 0 Å². The Hall–Kier alpha value is -5.53. The van der Waals surface area contributed by atoms with E-state index in [2.05, 4.69) is 0 Å². The Kier molecular flexibility index (Phi) is 7.49. The summed E-state index contributed by atoms with van der Waals surface area (Å²) in [4.78, 5) is 61.9. The number of allylic oxidation sites excluding steroid dienone is 2. The zero-order valence-electron chi connectivity index (χ0n) is 28.4. The van der Waals surface area contributed by atoms with Gasteiger partial charge in [0.05, 0.1) is 34.5 Å². The van der Waals surface area contributed by atoms with E-state index in [0.29, 0.717) is 33.9 Å². The number of carbonyl (C=O) groups is 4.